The Labute approximate surface area is 249 Å². The lowest BCUT2D eigenvalue weighted by molar-refractivity contribution is -0.168. The smallest absolute Gasteiger partial charge is 0.468 e. The number of hydrogen-bond acceptors (Lipinski definition) is 11. The molecule has 0 N–H and O–H groups in total. The van der Waals surface area contributed by atoms with Crippen LogP contribution in [0.3, 0.4) is 0 Å². The summed E-state index contributed by atoms with van der Waals surface area (Å²) in [5, 5.41) is 0. The molecule has 0 aliphatic heterocycles. The second-order valence-corrected chi connectivity index (χ2v) is 12.0. The number of hydrogen-bond donors (Lipinski definition) is 0. The van der Waals surface area contributed by atoms with Gasteiger partial charge < -0.3 is 28.4 Å². The molecule has 0 aromatic heterocycles. The molecule has 0 amide bonds. The summed E-state index contributed by atoms with van der Waals surface area (Å²) in [6.07, 6.45) is -0.217. The van der Waals surface area contributed by atoms with Gasteiger partial charge in [-0.2, -0.15) is 0 Å². The van der Waals surface area contributed by atoms with E-state index in [1.807, 2.05) is 37.3 Å². The molecule has 3 atom stereocenters. The van der Waals surface area contributed by atoms with Gasteiger partial charge in [0.1, 0.15) is 37.3 Å². The fraction of sp³-hybridized carbons (Fsp3) is 0.621. The molecular weight excluding hydrogens is 604 g/mol. The largest absolute Gasteiger partial charge is 0.508 e. The quantitative estimate of drug-likeness (QED) is 0.137. The molecule has 3 unspecified atom stereocenters. The average Bonchev–Trinajstić information content (AvgIpc) is 2.94. The van der Waals surface area contributed by atoms with Crippen LogP contribution in [0.4, 0.5) is 4.79 Å². The summed E-state index contributed by atoms with van der Waals surface area (Å²) in [6.45, 7) is 7.53. The molecule has 0 aliphatic carbocycles. The Hall–Kier alpha value is -3.15. The fourth-order valence-electron chi connectivity index (χ4n) is 3.40. The topological polar surface area (TPSA) is 141 Å². The van der Waals surface area contributed by atoms with E-state index >= 15 is 0 Å². The summed E-state index contributed by atoms with van der Waals surface area (Å²) in [4.78, 5) is 61.6. The number of carbonyl (C=O) groups excluding carboxylic acids is 5. The SMILES string of the molecule is CCCOC(=O)C(C)(COC(C)=O)COC(=O)OCC(C)(COC(=O)C(C)(C)CC(Br)c1ccccc1)C(=O)OC. The van der Waals surface area contributed by atoms with Crippen LogP contribution in [-0.2, 0) is 47.6 Å². The summed E-state index contributed by atoms with van der Waals surface area (Å²) < 4.78 is 30.7. The number of carbonyl (C=O) groups is 5. The van der Waals surface area contributed by atoms with Crippen LogP contribution in [0, 0.1) is 16.2 Å². The number of halogens is 1. The zero-order chi connectivity index (χ0) is 31.3. The van der Waals surface area contributed by atoms with E-state index in [0.29, 0.717) is 12.8 Å². The molecular formula is C29H41BrO11. The average molecular weight is 646 g/mol. The van der Waals surface area contributed by atoms with Crippen molar-refractivity contribution in [1.29, 1.82) is 0 Å². The van der Waals surface area contributed by atoms with Crippen molar-refractivity contribution < 1.29 is 52.4 Å². The van der Waals surface area contributed by atoms with E-state index in [-0.39, 0.29) is 18.0 Å². The van der Waals surface area contributed by atoms with E-state index in [4.69, 9.17) is 28.4 Å². The number of esters is 4. The van der Waals surface area contributed by atoms with E-state index in [1.165, 1.54) is 20.8 Å². The van der Waals surface area contributed by atoms with Crippen LogP contribution in [0.25, 0.3) is 0 Å². The number of benzene rings is 1. The summed E-state index contributed by atoms with van der Waals surface area (Å²) >= 11 is 3.62. The fourth-order valence-corrected chi connectivity index (χ4v) is 4.52. The molecule has 11 nitrogen and oxygen atoms in total. The first-order valence-corrected chi connectivity index (χ1v) is 14.1. The maximum Gasteiger partial charge on any atom is 0.508 e. The predicted molar refractivity (Wildman–Crippen MR) is 151 cm³/mol. The lowest BCUT2D eigenvalue weighted by Gasteiger charge is -2.30. The zero-order valence-electron chi connectivity index (χ0n) is 24.8. The molecule has 0 saturated carbocycles. The van der Waals surface area contributed by atoms with E-state index in [1.54, 1.807) is 13.8 Å². The number of rotatable bonds is 16. The first kappa shape index (κ1) is 35.9. The lowest BCUT2D eigenvalue weighted by Crippen LogP contribution is -2.42. The third-order valence-corrected chi connectivity index (χ3v) is 7.00. The maximum absolute atomic E-state index is 13.0. The van der Waals surface area contributed by atoms with Gasteiger partial charge in [0, 0.05) is 11.8 Å². The van der Waals surface area contributed by atoms with Crippen LogP contribution in [0.5, 0.6) is 0 Å². The number of methoxy groups -OCH3 is 1. The predicted octanol–water partition coefficient (Wildman–Crippen LogP) is 4.94. The minimum Gasteiger partial charge on any atom is -0.468 e. The number of alkyl halides is 1. The summed E-state index contributed by atoms with van der Waals surface area (Å²) in [5.74, 6) is -2.68. The molecule has 0 heterocycles. The van der Waals surface area contributed by atoms with Gasteiger partial charge in [0.15, 0.2) is 0 Å². The van der Waals surface area contributed by atoms with E-state index in [9.17, 15) is 24.0 Å². The van der Waals surface area contributed by atoms with Crippen molar-refractivity contribution in [2.45, 2.75) is 59.2 Å². The Morgan fingerprint density at radius 3 is 1.78 bits per heavy atom. The van der Waals surface area contributed by atoms with Gasteiger partial charge in [-0.15, -0.1) is 0 Å². The van der Waals surface area contributed by atoms with Gasteiger partial charge >= 0.3 is 30.0 Å². The Kier molecular flexibility index (Phi) is 14.3. The van der Waals surface area contributed by atoms with Gasteiger partial charge in [0.25, 0.3) is 0 Å². The van der Waals surface area contributed by atoms with E-state index < -0.39 is 66.1 Å². The Morgan fingerprint density at radius 2 is 1.27 bits per heavy atom. The third kappa shape index (κ3) is 11.7. The second kappa shape index (κ2) is 16.3. The molecule has 0 radical (unpaired) electrons. The van der Waals surface area contributed by atoms with Crippen molar-refractivity contribution in [2.75, 3.05) is 40.1 Å². The Balaban J connectivity index is 2.81. The van der Waals surface area contributed by atoms with Crippen molar-refractivity contribution in [3.05, 3.63) is 35.9 Å². The molecule has 0 spiro atoms. The highest BCUT2D eigenvalue weighted by Gasteiger charge is 2.42. The molecule has 1 aromatic carbocycles. The molecule has 0 bridgehead atoms. The minimum atomic E-state index is -1.55. The van der Waals surface area contributed by atoms with Gasteiger partial charge in [-0.3, -0.25) is 19.2 Å². The van der Waals surface area contributed by atoms with Gasteiger partial charge in [-0.1, -0.05) is 53.2 Å². The highest BCUT2D eigenvalue weighted by molar-refractivity contribution is 9.09. The van der Waals surface area contributed by atoms with Gasteiger partial charge in [0.05, 0.1) is 19.1 Å². The second-order valence-electron chi connectivity index (χ2n) is 10.9. The van der Waals surface area contributed by atoms with E-state index in [0.717, 1.165) is 12.7 Å². The van der Waals surface area contributed by atoms with Gasteiger partial charge in [-0.25, -0.2) is 4.79 Å². The first-order chi connectivity index (χ1) is 19.1. The molecule has 0 aliphatic rings. The highest BCUT2D eigenvalue weighted by Crippen LogP contribution is 2.37. The van der Waals surface area contributed by atoms with Crippen molar-refractivity contribution in [2.24, 2.45) is 16.2 Å². The van der Waals surface area contributed by atoms with Crippen LogP contribution < -0.4 is 0 Å². The normalized spacial score (nSPS) is 14.8. The van der Waals surface area contributed by atoms with Crippen LogP contribution >= 0.6 is 15.9 Å². The molecule has 0 fully saturated rings. The molecule has 41 heavy (non-hydrogen) atoms. The van der Waals surface area contributed by atoms with Crippen LogP contribution in [-0.4, -0.2) is 70.2 Å². The molecule has 230 valence electrons. The number of ether oxygens (including phenoxy) is 6. The zero-order valence-corrected chi connectivity index (χ0v) is 26.4. The molecule has 12 heteroatoms. The Morgan fingerprint density at radius 1 is 0.756 bits per heavy atom. The third-order valence-electron chi connectivity index (χ3n) is 6.14. The van der Waals surface area contributed by atoms with Crippen LogP contribution in [0.2, 0.25) is 0 Å². The van der Waals surface area contributed by atoms with Crippen molar-refractivity contribution in [3.8, 4) is 0 Å². The molecule has 1 rings (SSSR count). The summed E-state index contributed by atoms with van der Waals surface area (Å²) in [5.41, 5.74) is -2.95. The van der Waals surface area contributed by atoms with Crippen molar-refractivity contribution >= 4 is 46.0 Å². The van der Waals surface area contributed by atoms with Gasteiger partial charge in [-0.05, 0) is 46.1 Å². The van der Waals surface area contributed by atoms with Gasteiger partial charge in [0.2, 0.25) is 0 Å². The summed E-state index contributed by atoms with van der Waals surface area (Å²) in [7, 11) is 1.16. The highest BCUT2D eigenvalue weighted by atomic mass is 79.9. The summed E-state index contributed by atoms with van der Waals surface area (Å²) in [6, 6.07) is 9.59. The lowest BCUT2D eigenvalue weighted by atomic mass is 9.86. The molecule has 1 aromatic rings. The standard InChI is InChI=1S/C29H41BrO11/c1-8-14-37-25(34)29(6,16-38-20(2)31)19-41-26(35)40-18-28(5,24(33)36-7)17-39-23(32)27(3,4)15-22(30)21-12-10-9-11-13-21/h9-13,22H,8,14-19H2,1-7H3. The van der Waals surface area contributed by atoms with Crippen LogP contribution in [0.15, 0.2) is 30.3 Å². The Bertz CT molecular complexity index is 1040. The van der Waals surface area contributed by atoms with Crippen LogP contribution in [0.1, 0.15) is 64.8 Å². The minimum absolute atomic E-state index is 0.109. The monoisotopic (exact) mass is 644 g/mol. The first-order valence-electron chi connectivity index (χ1n) is 13.1. The van der Waals surface area contributed by atoms with Crippen molar-refractivity contribution in [3.63, 3.8) is 0 Å². The molecule has 0 saturated heterocycles. The maximum atomic E-state index is 13.0. The van der Waals surface area contributed by atoms with Crippen molar-refractivity contribution in [1.82, 2.24) is 0 Å². The van der Waals surface area contributed by atoms with E-state index in [2.05, 4.69) is 15.9 Å².